The number of methoxy groups -OCH3 is 2. The fourth-order valence-electron chi connectivity index (χ4n) is 9.37. The molecule has 1 aromatic heterocycles. The lowest BCUT2D eigenvalue weighted by molar-refractivity contribution is -0.185. The van der Waals surface area contributed by atoms with Gasteiger partial charge in [0.1, 0.15) is 17.6 Å². The van der Waals surface area contributed by atoms with Crippen LogP contribution in [0.5, 0.6) is 0 Å². The molecule has 4 fully saturated rings. The molecular weight excluding hydrogens is 788 g/mol. The van der Waals surface area contributed by atoms with E-state index in [0.717, 1.165) is 39.2 Å². The number of benzene rings is 2. The van der Waals surface area contributed by atoms with Gasteiger partial charge in [0.2, 0.25) is 5.91 Å². The average Bonchev–Trinajstić information content (AvgIpc) is 3.72. The van der Waals surface area contributed by atoms with Gasteiger partial charge in [0, 0.05) is 18.7 Å². The number of hydrogen-bond acceptors (Lipinski definition) is 11. The van der Waals surface area contributed by atoms with Crippen molar-refractivity contribution in [2.45, 2.75) is 102 Å². The summed E-state index contributed by atoms with van der Waals surface area (Å²) in [7, 11) is 1.56. The molecule has 0 radical (unpaired) electrons. The number of aromatic nitrogens is 2. The summed E-state index contributed by atoms with van der Waals surface area (Å²) in [5, 5.41) is 11.3. The van der Waals surface area contributed by atoms with E-state index in [0.29, 0.717) is 18.3 Å². The summed E-state index contributed by atoms with van der Waals surface area (Å²) >= 11 is 0. The molecule has 1 saturated heterocycles. The maximum atomic E-state index is 14.4. The number of alkyl halides is 3. The normalized spacial score (nSPS) is 26.5. The van der Waals surface area contributed by atoms with Crippen molar-refractivity contribution in [3.8, 4) is 0 Å². The number of hydrogen-bond donors (Lipinski definition) is 4. The predicted octanol–water partition coefficient (Wildman–Crippen LogP) is 5.59. The van der Waals surface area contributed by atoms with E-state index in [1.54, 1.807) is 6.92 Å². The molecule has 3 saturated carbocycles. The fourth-order valence-corrected chi connectivity index (χ4v) is 9.37. The van der Waals surface area contributed by atoms with E-state index in [-0.39, 0.29) is 58.4 Å². The Morgan fingerprint density at radius 1 is 1.02 bits per heavy atom. The number of fused-ring (bicyclic) bond motifs is 1. The lowest BCUT2D eigenvalue weighted by Crippen LogP contribution is -2.63. The van der Waals surface area contributed by atoms with Gasteiger partial charge >= 0.3 is 31.3 Å². The molecular formula is C41H48BF3N6O9. The van der Waals surface area contributed by atoms with Crippen LogP contribution in [0.2, 0.25) is 0 Å². The van der Waals surface area contributed by atoms with Gasteiger partial charge in [0.25, 0.3) is 5.56 Å². The van der Waals surface area contributed by atoms with Gasteiger partial charge in [-0.05, 0) is 86.3 Å². The van der Waals surface area contributed by atoms with Crippen molar-refractivity contribution in [2.75, 3.05) is 24.9 Å². The predicted molar refractivity (Wildman–Crippen MR) is 212 cm³/mol. The number of nitrogens with zero attached hydrogens (tertiary/aromatic N) is 2. The molecule has 0 spiro atoms. The summed E-state index contributed by atoms with van der Waals surface area (Å²) < 4.78 is 64.2. The van der Waals surface area contributed by atoms with E-state index < -0.39 is 71.4 Å². The first-order chi connectivity index (χ1) is 28.2. The molecule has 15 nitrogen and oxygen atoms in total. The summed E-state index contributed by atoms with van der Waals surface area (Å²) in [6, 6.07) is 6.43. The van der Waals surface area contributed by atoms with Crippen LogP contribution < -0.4 is 26.8 Å². The molecule has 2 unspecified atom stereocenters. The molecule has 4 N–H and O–H groups in total. The molecule has 3 aromatic rings. The van der Waals surface area contributed by atoms with E-state index in [1.165, 1.54) is 41.1 Å². The molecule has 3 heterocycles. The van der Waals surface area contributed by atoms with Gasteiger partial charge in [-0.2, -0.15) is 13.2 Å². The third-order valence-electron chi connectivity index (χ3n) is 12.8. The van der Waals surface area contributed by atoms with Crippen LogP contribution in [0.3, 0.4) is 0 Å². The Bertz CT molecular complexity index is 2260. The van der Waals surface area contributed by atoms with Crippen molar-refractivity contribution in [3.63, 3.8) is 0 Å². The quantitative estimate of drug-likeness (QED) is 0.139. The van der Waals surface area contributed by atoms with E-state index in [1.807, 2.05) is 6.92 Å². The molecule has 3 aliphatic carbocycles. The Hall–Kier alpha value is -5.43. The largest absolute Gasteiger partial charge is 0.481 e. The van der Waals surface area contributed by atoms with Gasteiger partial charge in [0.05, 0.1) is 60.3 Å². The first kappa shape index (κ1) is 42.7. The van der Waals surface area contributed by atoms with Crippen LogP contribution in [0, 0.1) is 17.3 Å². The maximum absolute atomic E-state index is 14.4. The smallest absolute Gasteiger partial charge is 0.465 e. The number of urea groups is 1. The van der Waals surface area contributed by atoms with Crippen molar-refractivity contribution < 1.29 is 51.1 Å². The highest BCUT2D eigenvalue weighted by atomic mass is 19.4. The number of rotatable bonds is 11. The summed E-state index contributed by atoms with van der Waals surface area (Å²) in [5.74, 6) is -1.90. The van der Waals surface area contributed by atoms with E-state index >= 15 is 0 Å². The van der Waals surface area contributed by atoms with Crippen molar-refractivity contribution in [1.82, 2.24) is 20.2 Å². The van der Waals surface area contributed by atoms with Crippen LogP contribution in [-0.4, -0.2) is 72.4 Å². The second-order valence-electron chi connectivity index (χ2n) is 17.1. The highest BCUT2D eigenvalue weighted by molar-refractivity contribution is 6.47. The molecule has 320 valence electrons. The summed E-state index contributed by atoms with van der Waals surface area (Å²) in [6.45, 7) is 9.85. The number of halogens is 3. The number of anilines is 2. The Kier molecular flexibility index (Phi) is 11.1. The third kappa shape index (κ3) is 7.72. The third-order valence-corrected chi connectivity index (χ3v) is 12.8. The lowest BCUT2D eigenvalue weighted by Gasteiger charge is -2.63. The molecule has 60 heavy (non-hydrogen) atoms. The van der Waals surface area contributed by atoms with Crippen LogP contribution in [0.15, 0.2) is 53.5 Å². The molecule has 2 bridgehead atoms. The number of esters is 2. The molecule has 3 amide bonds. The highest BCUT2D eigenvalue weighted by Crippen LogP contribution is 2.64. The Balaban J connectivity index is 1.16. The SMILES string of the molecule is CC[C@H](NC(=O)[C@@H]1C[C@@](C)(NC(=O)Nc2cc(C(=O)OC)cc(C(=O)OC)c2)c2ncc(NCc3cccc(C(F)(F)F)c3)c(=O)n21)B1O[C@@H]2C3CC(C[C@]2(C)O1)C3(C)C. The zero-order chi connectivity index (χ0) is 43.5. The Labute approximate surface area is 344 Å². The van der Waals surface area contributed by atoms with Gasteiger partial charge in [-0.1, -0.05) is 32.9 Å². The minimum atomic E-state index is -4.57. The van der Waals surface area contributed by atoms with Gasteiger partial charge in [-0.15, -0.1) is 0 Å². The van der Waals surface area contributed by atoms with Gasteiger partial charge in [-0.3, -0.25) is 14.2 Å². The minimum Gasteiger partial charge on any atom is -0.465 e. The molecule has 8 rings (SSSR count). The first-order valence-electron chi connectivity index (χ1n) is 19.8. The van der Waals surface area contributed by atoms with Crippen LogP contribution in [0.25, 0.3) is 0 Å². The number of amides is 3. The number of carbonyl (C=O) groups excluding carboxylic acids is 4. The summed E-state index contributed by atoms with van der Waals surface area (Å²) in [5.41, 5.74) is -3.32. The standard InChI is InChI=1S/C41H48BF3N6O9/c1-8-30(42-59-31-27-16-25(38(27,2)3)17-40(31,5)60-42)49-32(52)29-18-39(4,50-37(56)48-26-14-22(34(54)57-6)13-23(15-26)35(55)58-7)36-47-20-28(33(53)51(29)36)46-19-21-10-9-11-24(12-21)41(43,44)45/h9-15,20,25,27,29-31,46H,8,16-19H2,1-7H3,(H,49,52)(H2,48,50,56)/t25?,27?,29-,30-,31+,39+,40-/m0/s1. The van der Waals surface area contributed by atoms with Gasteiger partial charge < -0.3 is 40.0 Å². The molecule has 2 aliphatic heterocycles. The second kappa shape index (κ2) is 15.6. The Morgan fingerprint density at radius 2 is 1.70 bits per heavy atom. The van der Waals surface area contributed by atoms with Gasteiger partial charge in [-0.25, -0.2) is 19.4 Å². The van der Waals surface area contributed by atoms with E-state index in [4.69, 9.17) is 18.8 Å². The highest BCUT2D eigenvalue weighted by Gasteiger charge is 2.67. The summed E-state index contributed by atoms with van der Waals surface area (Å²) in [6.07, 6.45) is -1.36. The average molecular weight is 837 g/mol. The van der Waals surface area contributed by atoms with Crippen LogP contribution in [0.4, 0.5) is 29.3 Å². The van der Waals surface area contributed by atoms with E-state index in [9.17, 15) is 37.1 Å². The zero-order valence-electron chi connectivity index (χ0n) is 34.3. The molecule has 5 aliphatic rings. The van der Waals surface area contributed by atoms with Crippen molar-refractivity contribution >= 4 is 42.4 Å². The fraction of sp³-hybridized carbons (Fsp3) is 0.512. The number of nitrogens with one attached hydrogen (secondary N) is 4. The first-order valence-corrected chi connectivity index (χ1v) is 19.8. The lowest BCUT2D eigenvalue weighted by atomic mass is 9.45. The maximum Gasteiger partial charge on any atom is 0.481 e. The summed E-state index contributed by atoms with van der Waals surface area (Å²) in [4.78, 5) is 71.7. The van der Waals surface area contributed by atoms with Crippen LogP contribution >= 0.6 is 0 Å². The minimum absolute atomic E-state index is 0.0212. The molecule has 19 heteroatoms. The zero-order valence-corrected chi connectivity index (χ0v) is 34.3. The Morgan fingerprint density at radius 3 is 2.32 bits per heavy atom. The van der Waals surface area contributed by atoms with E-state index in [2.05, 4.69) is 47.0 Å². The van der Waals surface area contributed by atoms with Crippen LogP contribution in [0.1, 0.15) is 104 Å². The van der Waals surface area contributed by atoms with Crippen molar-refractivity contribution in [2.24, 2.45) is 17.3 Å². The molecule has 2 aromatic carbocycles. The van der Waals surface area contributed by atoms with Gasteiger partial charge in [0.15, 0.2) is 0 Å². The topological polar surface area (TPSA) is 188 Å². The number of carbonyl (C=O) groups is 4. The number of ether oxygens (including phenoxy) is 2. The monoisotopic (exact) mass is 836 g/mol. The second-order valence-corrected chi connectivity index (χ2v) is 17.1. The molecule has 7 atom stereocenters. The van der Waals surface area contributed by atoms with Crippen LogP contribution in [-0.2, 0) is 41.8 Å². The van der Waals surface area contributed by atoms with Crippen molar-refractivity contribution in [3.05, 3.63) is 87.1 Å². The van der Waals surface area contributed by atoms with Crippen molar-refractivity contribution in [1.29, 1.82) is 0 Å².